The van der Waals surface area contributed by atoms with Crippen molar-refractivity contribution >= 4 is 23.2 Å². The Labute approximate surface area is 120 Å². The zero-order valence-electron chi connectivity index (χ0n) is 10.00. The summed E-state index contributed by atoms with van der Waals surface area (Å²) < 4.78 is 19.1. The standard InChI is InChI=1S/C14H12Cl2FNO/c15-10-2-1-3-13(14(10)17)19-12-5-4-9(6-7-18)8-11(12)16/h1-5,8H,6-7,18H2. The van der Waals surface area contributed by atoms with E-state index in [-0.39, 0.29) is 10.8 Å². The largest absolute Gasteiger partial charge is 0.453 e. The topological polar surface area (TPSA) is 35.2 Å². The van der Waals surface area contributed by atoms with E-state index in [2.05, 4.69) is 0 Å². The van der Waals surface area contributed by atoms with Crippen LogP contribution in [0.4, 0.5) is 4.39 Å². The summed E-state index contributed by atoms with van der Waals surface area (Å²) in [5.74, 6) is -0.184. The summed E-state index contributed by atoms with van der Waals surface area (Å²) in [7, 11) is 0. The molecule has 2 aromatic carbocycles. The highest BCUT2D eigenvalue weighted by molar-refractivity contribution is 6.32. The van der Waals surface area contributed by atoms with E-state index in [0.29, 0.717) is 17.3 Å². The number of benzene rings is 2. The highest BCUT2D eigenvalue weighted by Crippen LogP contribution is 2.33. The van der Waals surface area contributed by atoms with Crippen LogP contribution in [-0.2, 0) is 6.42 Å². The fourth-order valence-electron chi connectivity index (χ4n) is 1.63. The van der Waals surface area contributed by atoms with Crippen LogP contribution in [0.1, 0.15) is 5.56 Å². The van der Waals surface area contributed by atoms with Gasteiger partial charge < -0.3 is 10.5 Å². The van der Waals surface area contributed by atoms with E-state index in [1.54, 1.807) is 18.2 Å². The number of hydrogen-bond donors (Lipinski definition) is 1. The van der Waals surface area contributed by atoms with Gasteiger partial charge in [-0.15, -0.1) is 0 Å². The minimum atomic E-state index is -0.605. The van der Waals surface area contributed by atoms with Gasteiger partial charge in [0.05, 0.1) is 10.0 Å². The maximum Gasteiger partial charge on any atom is 0.184 e. The van der Waals surface area contributed by atoms with E-state index < -0.39 is 5.82 Å². The third-order valence-corrected chi connectivity index (χ3v) is 3.15. The summed E-state index contributed by atoms with van der Waals surface area (Å²) in [5.41, 5.74) is 6.48. The molecule has 0 aromatic heterocycles. The predicted molar refractivity (Wildman–Crippen MR) is 75.7 cm³/mol. The van der Waals surface area contributed by atoms with Crippen LogP contribution in [0, 0.1) is 5.82 Å². The second kappa shape index (κ2) is 6.24. The first kappa shape index (κ1) is 14.1. The minimum absolute atomic E-state index is 0.00775. The molecule has 2 rings (SSSR count). The normalized spacial score (nSPS) is 10.5. The Morgan fingerprint density at radius 2 is 1.84 bits per heavy atom. The van der Waals surface area contributed by atoms with Crippen LogP contribution in [0.3, 0.4) is 0 Å². The SMILES string of the molecule is NCCc1ccc(Oc2cccc(Cl)c2F)c(Cl)c1. The quantitative estimate of drug-likeness (QED) is 0.906. The van der Waals surface area contributed by atoms with Crippen molar-refractivity contribution in [1.29, 1.82) is 0 Å². The number of nitrogens with two attached hydrogens (primary N) is 1. The first-order valence-corrected chi connectivity index (χ1v) is 6.47. The first-order chi connectivity index (χ1) is 9.11. The summed E-state index contributed by atoms with van der Waals surface area (Å²) in [6.45, 7) is 0.541. The molecule has 0 saturated heterocycles. The van der Waals surface area contributed by atoms with Crippen LogP contribution in [0.2, 0.25) is 10.0 Å². The predicted octanol–water partition coefficient (Wildman–Crippen LogP) is 4.43. The Bertz CT molecular complexity index is 590. The smallest absolute Gasteiger partial charge is 0.184 e. The number of hydrogen-bond acceptors (Lipinski definition) is 2. The van der Waals surface area contributed by atoms with Gasteiger partial charge in [0, 0.05) is 0 Å². The van der Waals surface area contributed by atoms with Crippen LogP contribution in [0.25, 0.3) is 0 Å². The Balaban J connectivity index is 2.26. The molecule has 5 heteroatoms. The van der Waals surface area contributed by atoms with Gasteiger partial charge in [0.1, 0.15) is 5.75 Å². The lowest BCUT2D eigenvalue weighted by molar-refractivity contribution is 0.442. The van der Waals surface area contributed by atoms with E-state index >= 15 is 0 Å². The molecule has 100 valence electrons. The minimum Gasteiger partial charge on any atom is -0.453 e. The Morgan fingerprint density at radius 3 is 2.53 bits per heavy atom. The van der Waals surface area contributed by atoms with E-state index in [1.807, 2.05) is 6.07 Å². The lowest BCUT2D eigenvalue weighted by atomic mass is 10.1. The first-order valence-electron chi connectivity index (χ1n) is 5.72. The molecule has 0 unspecified atom stereocenters. The zero-order chi connectivity index (χ0) is 13.8. The van der Waals surface area contributed by atoms with Crippen LogP contribution in [0.5, 0.6) is 11.5 Å². The van der Waals surface area contributed by atoms with Crippen molar-refractivity contribution in [2.75, 3.05) is 6.54 Å². The monoisotopic (exact) mass is 299 g/mol. The molecule has 0 radical (unpaired) electrons. The highest BCUT2D eigenvalue weighted by Gasteiger charge is 2.10. The van der Waals surface area contributed by atoms with Crippen molar-refractivity contribution in [3.63, 3.8) is 0 Å². The third kappa shape index (κ3) is 3.38. The van der Waals surface area contributed by atoms with Gasteiger partial charge in [-0.3, -0.25) is 0 Å². The van der Waals surface area contributed by atoms with Crippen LogP contribution < -0.4 is 10.5 Å². The summed E-state index contributed by atoms with van der Waals surface area (Å²) in [5, 5.41) is 0.415. The van der Waals surface area contributed by atoms with E-state index in [1.165, 1.54) is 12.1 Å². The van der Waals surface area contributed by atoms with Crippen molar-refractivity contribution in [2.45, 2.75) is 6.42 Å². The summed E-state index contributed by atoms with van der Waals surface area (Å²) in [6, 6.07) is 9.84. The van der Waals surface area contributed by atoms with Gasteiger partial charge in [0.2, 0.25) is 0 Å². The van der Waals surface area contributed by atoms with Crippen molar-refractivity contribution in [1.82, 2.24) is 0 Å². The van der Waals surface area contributed by atoms with Crippen LogP contribution >= 0.6 is 23.2 Å². The molecule has 0 saturated carbocycles. The van der Waals surface area contributed by atoms with Gasteiger partial charge in [-0.1, -0.05) is 35.3 Å². The molecule has 0 aliphatic heterocycles. The zero-order valence-corrected chi connectivity index (χ0v) is 11.5. The second-order valence-corrected chi connectivity index (χ2v) is 4.77. The number of rotatable bonds is 4. The highest BCUT2D eigenvalue weighted by atomic mass is 35.5. The maximum absolute atomic E-state index is 13.7. The molecule has 0 aliphatic carbocycles. The summed E-state index contributed by atoms with van der Waals surface area (Å²) in [6.07, 6.45) is 0.728. The molecule has 0 spiro atoms. The second-order valence-electron chi connectivity index (χ2n) is 3.96. The molecule has 0 atom stereocenters. The van der Waals surface area contributed by atoms with E-state index in [4.69, 9.17) is 33.7 Å². The summed E-state index contributed by atoms with van der Waals surface area (Å²) in [4.78, 5) is 0. The van der Waals surface area contributed by atoms with Gasteiger partial charge >= 0.3 is 0 Å². The van der Waals surface area contributed by atoms with Gasteiger partial charge in [-0.05, 0) is 42.8 Å². The Morgan fingerprint density at radius 1 is 1.05 bits per heavy atom. The van der Waals surface area contributed by atoms with Crippen molar-refractivity contribution in [3.8, 4) is 11.5 Å². The molecule has 0 aliphatic rings. The number of ether oxygens (including phenoxy) is 1. The fraction of sp³-hybridized carbons (Fsp3) is 0.143. The fourth-order valence-corrected chi connectivity index (χ4v) is 2.04. The molecular formula is C14H12Cl2FNO. The maximum atomic E-state index is 13.7. The average Bonchev–Trinajstić information content (AvgIpc) is 2.38. The molecule has 2 N–H and O–H groups in total. The van der Waals surface area contributed by atoms with Gasteiger partial charge in [0.25, 0.3) is 0 Å². The van der Waals surface area contributed by atoms with Crippen molar-refractivity contribution in [2.24, 2.45) is 5.73 Å². The summed E-state index contributed by atoms with van der Waals surface area (Å²) >= 11 is 11.8. The lowest BCUT2D eigenvalue weighted by Gasteiger charge is -2.10. The molecule has 2 aromatic rings. The van der Waals surface area contributed by atoms with Gasteiger partial charge in [0.15, 0.2) is 11.6 Å². The van der Waals surface area contributed by atoms with Crippen molar-refractivity contribution < 1.29 is 9.13 Å². The van der Waals surface area contributed by atoms with Crippen LogP contribution in [-0.4, -0.2) is 6.54 Å². The molecule has 0 bridgehead atoms. The van der Waals surface area contributed by atoms with E-state index in [0.717, 1.165) is 12.0 Å². The molecular weight excluding hydrogens is 288 g/mol. The Kier molecular flexibility index (Phi) is 4.64. The third-order valence-electron chi connectivity index (χ3n) is 2.57. The van der Waals surface area contributed by atoms with Gasteiger partial charge in [-0.25, -0.2) is 4.39 Å². The van der Waals surface area contributed by atoms with Crippen LogP contribution in [0.15, 0.2) is 36.4 Å². The Hall–Kier alpha value is -1.29. The van der Waals surface area contributed by atoms with Gasteiger partial charge in [-0.2, -0.15) is 0 Å². The molecule has 0 amide bonds. The molecule has 2 nitrogen and oxygen atoms in total. The van der Waals surface area contributed by atoms with Crippen molar-refractivity contribution in [3.05, 3.63) is 57.8 Å². The molecule has 19 heavy (non-hydrogen) atoms. The molecule has 0 heterocycles. The average molecular weight is 300 g/mol. The van der Waals surface area contributed by atoms with E-state index in [9.17, 15) is 4.39 Å². The number of halogens is 3. The molecule has 0 fully saturated rings. The lowest BCUT2D eigenvalue weighted by Crippen LogP contribution is -2.02.